The Hall–Kier alpha value is -2.91. The van der Waals surface area contributed by atoms with Gasteiger partial charge in [-0.2, -0.15) is 0 Å². The van der Waals surface area contributed by atoms with Crippen LogP contribution >= 0.6 is 7.26 Å². The van der Waals surface area contributed by atoms with Crippen LogP contribution in [0, 0.1) is 17.3 Å². The van der Waals surface area contributed by atoms with Gasteiger partial charge in [0.05, 0.1) is 12.3 Å². The number of hydrogen-bond donors (Lipinski definition) is 1. The van der Waals surface area contributed by atoms with Crippen LogP contribution in [-0.4, -0.2) is 17.4 Å². The van der Waals surface area contributed by atoms with Crippen molar-refractivity contribution >= 4 is 23.2 Å². The molecule has 0 aliphatic heterocycles. The molecule has 178 valence electrons. The highest BCUT2D eigenvalue weighted by molar-refractivity contribution is 7.95. The van der Waals surface area contributed by atoms with E-state index in [0.29, 0.717) is 0 Å². The smallest absolute Gasteiger partial charge is 0.116 e. The van der Waals surface area contributed by atoms with Gasteiger partial charge in [-0.25, -0.2) is 0 Å². The third kappa shape index (κ3) is 5.51. The van der Waals surface area contributed by atoms with Gasteiger partial charge in [0.25, 0.3) is 0 Å². The zero-order valence-corrected chi connectivity index (χ0v) is 22.2. The summed E-state index contributed by atoms with van der Waals surface area (Å²) in [5.74, 6) is 6.97. The molecule has 1 N–H and O–H groups in total. The molecule has 1 aliphatic rings. The van der Waals surface area contributed by atoms with E-state index in [1.807, 2.05) is 0 Å². The standard InChI is InChI=1S/C33H36OP/c1-26(20-21-32-27(2)24-28(34)25-33(32,3)4)22-23-35(29-14-8-5-9-15-29,30-16-10-6-11-17-30)31-18-12-7-13-19-31/h5-19,22,28,34H,23-25H2,1-4H3/q+1. The molecule has 0 amide bonds. The van der Waals surface area contributed by atoms with Gasteiger partial charge in [0.1, 0.15) is 23.2 Å². The molecule has 1 aliphatic carbocycles. The third-order valence-electron chi connectivity index (χ3n) is 7.04. The molecule has 0 radical (unpaired) electrons. The van der Waals surface area contributed by atoms with Gasteiger partial charge in [0, 0.05) is 11.0 Å². The first-order valence-electron chi connectivity index (χ1n) is 12.4. The van der Waals surface area contributed by atoms with Crippen molar-refractivity contribution in [3.8, 4) is 11.8 Å². The van der Waals surface area contributed by atoms with Gasteiger partial charge in [-0.05, 0) is 74.7 Å². The van der Waals surface area contributed by atoms with Crippen molar-refractivity contribution < 1.29 is 5.11 Å². The van der Waals surface area contributed by atoms with Crippen molar-refractivity contribution in [2.45, 2.75) is 46.6 Å². The van der Waals surface area contributed by atoms with Crippen molar-refractivity contribution in [1.82, 2.24) is 0 Å². The number of hydrogen-bond acceptors (Lipinski definition) is 1. The molecule has 2 heteroatoms. The van der Waals surface area contributed by atoms with Crippen LogP contribution in [0.2, 0.25) is 0 Å². The second kappa shape index (κ2) is 10.8. The summed E-state index contributed by atoms with van der Waals surface area (Å²) in [6.07, 6.45) is 4.49. The van der Waals surface area contributed by atoms with Crippen LogP contribution in [0.1, 0.15) is 40.5 Å². The van der Waals surface area contributed by atoms with Crippen LogP contribution in [0.15, 0.2) is 114 Å². The van der Waals surface area contributed by atoms with Gasteiger partial charge < -0.3 is 5.11 Å². The quantitative estimate of drug-likeness (QED) is 0.330. The topological polar surface area (TPSA) is 20.2 Å². The summed E-state index contributed by atoms with van der Waals surface area (Å²) in [6, 6.07) is 32.9. The second-order valence-electron chi connectivity index (χ2n) is 10.2. The predicted molar refractivity (Wildman–Crippen MR) is 153 cm³/mol. The van der Waals surface area contributed by atoms with Crippen LogP contribution in [0.4, 0.5) is 0 Å². The van der Waals surface area contributed by atoms with Crippen molar-refractivity contribution in [3.05, 3.63) is 114 Å². The number of benzene rings is 3. The number of rotatable bonds is 5. The van der Waals surface area contributed by atoms with E-state index >= 15 is 0 Å². The summed E-state index contributed by atoms with van der Waals surface area (Å²) in [4.78, 5) is 0. The first-order chi connectivity index (χ1) is 16.8. The molecule has 0 aromatic heterocycles. The Labute approximate surface area is 212 Å². The lowest BCUT2D eigenvalue weighted by molar-refractivity contribution is 0.117. The highest BCUT2D eigenvalue weighted by Crippen LogP contribution is 2.55. The Balaban J connectivity index is 1.78. The van der Waals surface area contributed by atoms with Gasteiger partial charge in [-0.1, -0.05) is 85.9 Å². The minimum Gasteiger partial charge on any atom is -0.393 e. The molecular formula is C33H36OP+. The van der Waals surface area contributed by atoms with E-state index in [2.05, 4.69) is 137 Å². The zero-order valence-electron chi connectivity index (χ0n) is 21.3. The average Bonchev–Trinajstić information content (AvgIpc) is 2.85. The molecule has 35 heavy (non-hydrogen) atoms. The normalized spacial score (nSPS) is 18.1. The lowest BCUT2D eigenvalue weighted by atomic mass is 9.72. The number of aliphatic hydroxyl groups excluding tert-OH is 1. The van der Waals surface area contributed by atoms with Crippen LogP contribution in [-0.2, 0) is 0 Å². The number of aliphatic hydroxyl groups is 1. The molecule has 0 saturated carbocycles. The molecule has 0 saturated heterocycles. The Morgan fingerprint density at radius 1 is 0.886 bits per heavy atom. The van der Waals surface area contributed by atoms with Gasteiger partial charge >= 0.3 is 0 Å². The van der Waals surface area contributed by atoms with Crippen molar-refractivity contribution in [3.63, 3.8) is 0 Å². The van der Waals surface area contributed by atoms with E-state index in [1.165, 1.54) is 27.1 Å². The monoisotopic (exact) mass is 479 g/mol. The first kappa shape index (κ1) is 25.2. The minimum absolute atomic E-state index is 0.0933. The molecule has 1 atom stereocenters. The lowest BCUT2D eigenvalue weighted by Crippen LogP contribution is -2.33. The predicted octanol–water partition coefficient (Wildman–Crippen LogP) is 6.43. The molecule has 0 bridgehead atoms. The van der Waals surface area contributed by atoms with Crippen LogP contribution in [0.5, 0.6) is 0 Å². The summed E-state index contributed by atoms with van der Waals surface area (Å²) < 4.78 is 0. The summed E-state index contributed by atoms with van der Waals surface area (Å²) in [5.41, 5.74) is 3.41. The molecule has 4 rings (SSSR count). The van der Waals surface area contributed by atoms with E-state index in [4.69, 9.17) is 0 Å². The van der Waals surface area contributed by atoms with E-state index in [9.17, 15) is 5.11 Å². The van der Waals surface area contributed by atoms with Gasteiger partial charge in [0.15, 0.2) is 0 Å². The fourth-order valence-electron chi connectivity index (χ4n) is 5.37. The molecule has 3 aromatic rings. The fraction of sp³-hybridized carbons (Fsp3) is 0.273. The molecule has 0 fully saturated rings. The maximum absolute atomic E-state index is 10.2. The molecular weight excluding hydrogens is 443 g/mol. The summed E-state index contributed by atoms with van der Waals surface area (Å²) in [7, 11) is -1.90. The third-order valence-corrected chi connectivity index (χ3v) is 11.3. The van der Waals surface area contributed by atoms with Crippen molar-refractivity contribution in [1.29, 1.82) is 0 Å². The summed E-state index contributed by atoms with van der Waals surface area (Å²) >= 11 is 0. The Bertz CT molecular complexity index is 1160. The van der Waals surface area contributed by atoms with E-state index < -0.39 is 7.26 Å². The minimum atomic E-state index is -1.90. The van der Waals surface area contributed by atoms with E-state index in [1.54, 1.807) is 0 Å². The summed E-state index contributed by atoms with van der Waals surface area (Å²) in [5, 5.41) is 14.4. The maximum Gasteiger partial charge on any atom is 0.116 e. The van der Waals surface area contributed by atoms with Crippen LogP contribution in [0.25, 0.3) is 0 Å². The fourth-order valence-corrected chi connectivity index (χ4v) is 9.49. The van der Waals surface area contributed by atoms with Crippen molar-refractivity contribution in [2.75, 3.05) is 6.16 Å². The van der Waals surface area contributed by atoms with Gasteiger partial charge in [-0.15, -0.1) is 0 Å². The highest BCUT2D eigenvalue weighted by atomic mass is 31.2. The molecule has 1 nitrogen and oxygen atoms in total. The highest BCUT2D eigenvalue weighted by Gasteiger charge is 2.44. The Kier molecular flexibility index (Phi) is 7.76. The SMILES string of the molecule is CC(C#CC1=C(C)CC(O)CC1(C)C)=CC[P+](c1ccccc1)(c1ccccc1)c1ccccc1. The largest absolute Gasteiger partial charge is 0.393 e. The molecule has 3 aromatic carbocycles. The Morgan fingerprint density at radius 3 is 1.77 bits per heavy atom. The zero-order chi connectivity index (χ0) is 24.9. The van der Waals surface area contributed by atoms with E-state index in [0.717, 1.165) is 24.6 Å². The average molecular weight is 480 g/mol. The molecule has 0 spiro atoms. The van der Waals surface area contributed by atoms with Gasteiger partial charge in [0.2, 0.25) is 0 Å². The lowest BCUT2D eigenvalue weighted by Gasteiger charge is -2.34. The molecule has 1 unspecified atom stereocenters. The van der Waals surface area contributed by atoms with Gasteiger partial charge in [-0.3, -0.25) is 0 Å². The first-order valence-corrected chi connectivity index (χ1v) is 14.4. The second-order valence-corrected chi connectivity index (χ2v) is 13.8. The molecule has 0 heterocycles. The van der Waals surface area contributed by atoms with Crippen molar-refractivity contribution in [2.24, 2.45) is 5.41 Å². The van der Waals surface area contributed by atoms with E-state index in [-0.39, 0.29) is 11.5 Å². The number of allylic oxidation sites excluding steroid dienone is 3. The van der Waals surface area contributed by atoms with Crippen LogP contribution in [0.3, 0.4) is 0 Å². The Morgan fingerprint density at radius 2 is 1.34 bits per heavy atom. The van der Waals surface area contributed by atoms with Crippen LogP contribution < -0.4 is 15.9 Å². The maximum atomic E-state index is 10.2. The summed E-state index contributed by atoms with van der Waals surface area (Å²) in [6.45, 7) is 8.63.